The van der Waals surface area contributed by atoms with E-state index in [1.54, 1.807) is 0 Å². The summed E-state index contributed by atoms with van der Waals surface area (Å²) in [5.41, 5.74) is 12.2. The van der Waals surface area contributed by atoms with Gasteiger partial charge in [-0.1, -0.05) is 109 Å². The second kappa shape index (κ2) is 13.5. The molecule has 0 spiro atoms. The maximum atomic E-state index is 7.61. The lowest BCUT2D eigenvalue weighted by Crippen LogP contribution is -2.14. The van der Waals surface area contributed by atoms with Crippen LogP contribution < -0.4 is 11.1 Å². The average Bonchev–Trinajstić information content (AvgIpc) is 3.48. The van der Waals surface area contributed by atoms with Crippen LogP contribution in [-0.2, 0) is 13.1 Å². The molecule has 4 N–H and O–H groups in total. The first kappa shape index (κ1) is 26.3. The van der Waals surface area contributed by atoms with Crippen molar-refractivity contribution in [1.29, 1.82) is 5.41 Å². The SMILES string of the molecule is CNCc1ccccc1.N=Cc1ccccc1-c1ccc(-c2ccccc2C(N)=NCc2ccccc2)o1. The first-order chi connectivity index (χ1) is 18.7. The van der Waals surface area contributed by atoms with Crippen molar-refractivity contribution in [3.05, 3.63) is 144 Å². The van der Waals surface area contributed by atoms with E-state index >= 15 is 0 Å². The molecule has 5 rings (SSSR count). The van der Waals surface area contributed by atoms with Crippen LogP contribution in [0.3, 0.4) is 0 Å². The lowest BCUT2D eigenvalue weighted by atomic mass is 10.0. The highest BCUT2D eigenvalue weighted by Gasteiger charge is 2.14. The molecule has 0 aliphatic rings. The standard InChI is InChI=1S/C25H21N3O.C8H11N/c26-16-19-10-4-5-11-20(19)23-14-15-24(29-23)21-12-6-7-13-22(21)25(27)28-17-18-8-2-1-3-9-18;1-9-7-8-5-3-2-4-6-8/h1-16,26H,17H2,(H2,27,28);2-6,9H,7H2,1H3. The summed E-state index contributed by atoms with van der Waals surface area (Å²) in [6, 6.07) is 39.7. The maximum Gasteiger partial charge on any atom is 0.135 e. The lowest BCUT2D eigenvalue weighted by molar-refractivity contribution is 0.597. The number of rotatable bonds is 8. The van der Waals surface area contributed by atoms with E-state index < -0.39 is 0 Å². The number of hydrogen-bond acceptors (Lipinski definition) is 4. The minimum absolute atomic E-state index is 0.474. The van der Waals surface area contributed by atoms with E-state index in [1.807, 2.05) is 116 Å². The van der Waals surface area contributed by atoms with Gasteiger partial charge in [0.1, 0.15) is 17.4 Å². The predicted octanol–water partition coefficient (Wildman–Crippen LogP) is 6.92. The molecule has 38 heavy (non-hydrogen) atoms. The van der Waals surface area contributed by atoms with Crippen molar-refractivity contribution in [2.24, 2.45) is 10.7 Å². The van der Waals surface area contributed by atoms with E-state index in [2.05, 4.69) is 22.4 Å². The third kappa shape index (κ3) is 6.93. The molecule has 0 fully saturated rings. The fourth-order valence-corrected chi connectivity index (χ4v) is 4.04. The molecule has 0 aliphatic carbocycles. The summed E-state index contributed by atoms with van der Waals surface area (Å²) in [6.07, 6.45) is 1.33. The molecule has 5 heteroatoms. The summed E-state index contributed by atoms with van der Waals surface area (Å²) in [7, 11) is 1.95. The molecule has 5 aromatic rings. The Balaban J connectivity index is 0.000000317. The highest BCUT2D eigenvalue weighted by atomic mass is 16.3. The van der Waals surface area contributed by atoms with E-state index in [0.717, 1.165) is 34.4 Å². The van der Waals surface area contributed by atoms with Gasteiger partial charge in [-0.2, -0.15) is 0 Å². The maximum absolute atomic E-state index is 7.61. The number of nitrogens with one attached hydrogen (secondary N) is 2. The molecule has 0 unspecified atom stereocenters. The van der Waals surface area contributed by atoms with Crippen molar-refractivity contribution in [2.75, 3.05) is 7.05 Å². The zero-order chi connectivity index (χ0) is 26.6. The van der Waals surface area contributed by atoms with E-state index in [1.165, 1.54) is 11.8 Å². The van der Waals surface area contributed by atoms with Gasteiger partial charge < -0.3 is 20.9 Å². The Morgan fingerprint density at radius 1 is 0.737 bits per heavy atom. The number of nitrogens with zero attached hydrogens (tertiary/aromatic N) is 1. The Kier molecular flexibility index (Phi) is 9.38. The van der Waals surface area contributed by atoms with Crippen LogP contribution in [0.15, 0.2) is 131 Å². The van der Waals surface area contributed by atoms with Crippen molar-refractivity contribution in [3.8, 4) is 22.6 Å². The zero-order valence-electron chi connectivity index (χ0n) is 21.5. The molecular weight excluding hydrogens is 468 g/mol. The summed E-state index contributed by atoms with van der Waals surface area (Å²) >= 11 is 0. The third-order valence-electron chi connectivity index (χ3n) is 5.95. The molecule has 190 valence electrons. The van der Waals surface area contributed by atoms with Crippen LogP contribution in [-0.4, -0.2) is 19.1 Å². The molecule has 1 heterocycles. The molecule has 1 aromatic heterocycles. The second-order valence-electron chi connectivity index (χ2n) is 8.64. The Labute approximate surface area is 224 Å². The van der Waals surface area contributed by atoms with Crippen molar-refractivity contribution in [1.82, 2.24) is 5.32 Å². The van der Waals surface area contributed by atoms with Crippen LogP contribution in [0.1, 0.15) is 22.3 Å². The first-order valence-corrected chi connectivity index (χ1v) is 12.5. The van der Waals surface area contributed by atoms with Gasteiger partial charge in [0.15, 0.2) is 0 Å². The van der Waals surface area contributed by atoms with Crippen LogP contribution >= 0.6 is 0 Å². The molecular formula is C33H32N4O. The topological polar surface area (TPSA) is 87.4 Å². The Hall–Kier alpha value is -4.74. The van der Waals surface area contributed by atoms with Crippen molar-refractivity contribution >= 4 is 12.1 Å². The number of amidine groups is 1. The quantitative estimate of drug-likeness (QED) is 0.160. The van der Waals surface area contributed by atoms with Gasteiger partial charge in [0.2, 0.25) is 0 Å². The molecule has 0 aliphatic heterocycles. The summed E-state index contributed by atoms with van der Waals surface area (Å²) in [5.74, 6) is 1.91. The molecule has 0 atom stereocenters. The van der Waals surface area contributed by atoms with Crippen molar-refractivity contribution < 1.29 is 4.42 Å². The van der Waals surface area contributed by atoms with E-state index in [4.69, 9.17) is 15.6 Å². The summed E-state index contributed by atoms with van der Waals surface area (Å²) < 4.78 is 6.14. The molecule has 0 amide bonds. The average molecular weight is 501 g/mol. The van der Waals surface area contributed by atoms with Gasteiger partial charge in [-0.3, -0.25) is 4.99 Å². The van der Waals surface area contributed by atoms with E-state index in [9.17, 15) is 0 Å². The Morgan fingerprint density at radius 3 is 1.95 bits per heavy atom. The Morgan fingerprint density at radius 2 is 1.29 bits per heavy atom. The van der Waals surface area contributed by atoms with Gasteiger partial charge in [0, 0.05) is 35.0 Å². The number of furan rings is 1. The minimum Gasteiger partial charge on any atom is -0.456 e. The largest absolute Gasteiger partial charge is 0.456 e. The van der Waals surface area contributed by atoms with E-state index in [0.29, 0.717) is 23.9 Å². The van der Waals surface area contributed by atoms with Gasteiger partial charge in [0.05, 0.1) is 6.54 Å². The molecule has 4 aromatic carbocycles. The molecule has 0 saturated carbocycles. The van der Waals surface area contributed by atoms with Crippen LogP contribution in [0.4, 0.5) is 0 Å². The number of benzene rings is 4. The fraction of sp³-hybridized carbons (Fsp3) is 0.0909. The van der Waals surface area contributed by atoms with Gasteiger partial charge in [-0.25, -0.2) is 0 Å². The third-order valence-corrected chi connectivity index (χ3v) is 5.95. The van der Waals surface area contributed by atoms with Crippen molar-refractivity contribution in [2.45, 2.75) is 13.1 Å². The van der Waals surface area contributed by atoms with Crippen molar-refractivity contribution in [3.63, 3.8) is 0 Å². The fourth-order valence-electron chi connectivity index (χ4n) is 4.04. The normalized spacial score (nSPS) is 10.9. The lowest BCUT2D eigenvalue weighted by Gasteiger charge is -2.08. The highest BCUT2D eigenvalue weighted by Crippen LogP contribution is 2.31. The first-order valence-electron chi connectivity index (χ1n) is 12.5. The van der Waals surface area contributed by atoms with Gasteiger partial charge >= 0.3 is 0 Å². The van der Waals surface area contributed by atoms with Crippen LogP contribution in [0, 0.1) is 5.41 Å². The monoisotopic (exact) mass is 500 g/mol. The van der Waals surface area contributed by atoms with Gasteiger partial charge in [-0.15, -0.1) is 0 Å². The predicted molar refractivity (Wildman–Crippen MR) is 158 cm³/mol. The second-order valence-corrected chi connectivity index (χ2v) is 8.64. The number of hydrogen-bond donors (Lipinski definition) is 3. The van der Waals surface area contributed by atoms with E-state index in [-0.39, 0.29) is 0 Å². The van der Waals surface area contributed by atoms with Crippen LogP contribution in [0.5, 0.6) is 0 Å². The molecule has 0 bridgehead atoms. The zero-order valence-corrected chi connectivity index (χ0v) is 21.5. The number of nitrogens with two attached hydrogens (primary N) is 1. The number of aliphatic imine (C=N–C) groups is 1. The van der Waals surface area contributed by atoms with Crippen LogP contribution in [0.25, 0.3) is 22.6 Å². The van der Waals surface area contributed by atoms with Gasteiger partial charge in [0.25, 0.3) is 0 Å². The minimum atomic E-state index is 0.474. The summed E-state index contributed by atoms with van der Waals surface area (Å²) in [4.78, 5) is 4.57. The summed E-state index contributed by atoms with van der Waals surface area (Å²) in [6.45, 7) is 1.48. The Bertz CT molecular complexity index is 1470. The van der Waals surface area contributed by atoms with Crippen LogP contribution in [0.2, 0.25) is 0 Å². The molecule has 0 saturated heterocycles. The smallest absolute Gasteiger partial charge is 0.135 e. The molecule has 0 radical (unpaired) electrons. The highest BCUT2D eigenvalue weighted by molar-refractivity contribution is 6.03. The molecule has 5 nitrogen and oxygen atoms in total. The summed E-state index contributed by atoms with van der Waals surface area (Å²) in [5, 5.41) is 10.7. The van der Waals surface area contributed by atoms with Gasteiger partial charge in [-0.05, 0) is 30.3 Å².